The van der Waals surface area contributed by atoms with Gasteiger partial charge in [-0.1, -0.05) is 0 Å². The predicted molar refractivity (Wildman–Crippen MR) is 97.8 cm³/mol. The van der Waals surface area contributed by atoms with Crippen molar-refractivity contribution in [3.63, 3.8) is 0 Å². The molecule has 1 aliphatic rings. The second-order valence-corrected chi connectivity index (χ2v) is 6.96. The molecule has 11 heteroatoms. The van der Waals surface area contributed by atoms with Crippen molar-refractivity contribution in [3.05, 3.63) is 40.2 Å². The topological polar surface area (TPSA) is 184 Å². The zero-order valence-electron chi connectivity index (χ0n) is 15.7. The van der Waals surface area contributed by atoms with Crippen LogP contribution in [-0.2, 0) is 14.3 Å². The monoisotopic (exact) mass is 424 g/mol. The molecule has 1 saturated heterocycles. The Bertz CT molecular complexity index is 1010. The number of carboxylic acids is 1. The number of carbonyl (C=O) groups excluding carboxylic acids is 1. The zero-order valence-corrected chi connectivity index (χ0v) is 15.7. The Hall–Kier alpha value is -2.83. The first-order valence-corrected chi connectivity index (χ1v) is 8.93. The van der Waals surface area contributed by atoms with Crippen molar-refractivity contribution in [1.29, 1.82) is 0 Å². The van der Waals surface area contributed by atoms with Gasteiger partial charge in [-0.2, -0.15) is 0 Å². The molecule has 0 radical (unpaired) electrons. The van der Waals surface area contributed by atoms with Crippen LogP contribution >= 0.6 is 0 Å². The number of aliphatic hydroxyl groups excluding tert-OH is 4. The summed E-state index contributed by atoms with van der Waals surface area (Å²) in [6.07, 6.45) is -11.8. The van der Waals surface area contributed by atoms with E-state index < -0.39 is 60.6 Å². The van der Waals surface area contributed by atoms with E-state index in [0.29, 0.717) is 10.9 Å². The quantitative estimate of drug-likeness (QED) is 0.347. The molecular weight excluding hydrogens is 404 g/mol. The van der Waals surface area contributed by atoms with Crippen LogP contribution in [0.1, 0.15) is 12.0 Å². The van der Waals surface area contributed by atoms with Gasteiger partial charge in [0.15, 0.2) is 6.10 Å². The summed E-state index contributed by atoms with van der Waals surface area (Å²) in [5.74, 6) is -2.38. The van der Waals surface area contributed by atoms with Crippen molar-refractivity contribution < 1.29 is 49.0 Å². The third kappa shape index (κ3) is 4.35. The second-order valence-electron chi connectivity index (χ2n) is 6.96. The highest BCUT2D eigenvalue weighted by atomic mass is 16.7. The molecule has 30 heavy (non-hydrogen) atoms. The third-order valence-electron chi connectivity index (χ3n) is 4.76. The van der Waals surface area contributed by atoms with Crippen molar-refractivity contribution in [1.82, 2.24) is 0 Å². The van der Waals surface area contributed by atoms with E-state index in [4.69, 9.17) is 19.0 Å². The highest BCUT2D eigenvalue weighted by Crippen LogP contribution is 2.27. The number of ether oxygens (including phenoxy) is 2. The van der Waals surface area contributed by atoms with Crippen LogP contribution in [0.4, 0.5) is 0 Å². The summed E-state index contributed by atoms with van der Waals surface area (Å²) in [4.78, 5) is 34.5. The van der Waals surface area contributed by atoms with Crippen molar-refractivity contribution in [2.24, 2.45) is 0 Å². The fraction of sp³-hybridized carbons (Fsp3) is 0.421. The summed E-state index contributed by atoms with van der Waals surface area (Å²) in [6, 6.07) is 5.77. The number of hydrogen-bond acceptors (Lipinski definition) is 10. The van der Waals surface area contributed by atoms with Gasteiger partial charge in [0.05, 0.1) is 6.10 Å². The van der Waals surface area contributed by atoms with Crippen LogP contribution in [0, 0.1) is 6.92 Å². The van der Waals surface area contributed by atoms with Gasteiger partial charge >= 0.3 is 11.6 Å². The summed E-state index contributed by atoms with van der Waals surface area (Å²) in [6.45, 7) is 1.72. The number of aryl methyl sites for hydroxylation is 1. The lowest BCUT2D eigenvalue weighted by molar-refractivity contribution is -0.226. The van der Waals surface area contributed by atoms with Crippen LogP contribution in [0.3, 0.4) is 0 Å². The van der Waals surface area contributed by atoms with Gasteiger partial charge in [-0.05, 0) is 24.6 Å². The minimum atomic E-state index is -2.33. The number of aliphatic carboxylic acids is 1. The molecule has 162 valence electrons. The molecule has 0 amide bonds. The standard InChI is InChI=1S/C19H20O11/c1-7-4-13(22)29-12-5-8(2-3-9(7)12)28-19-11(21)6-10(20)17(30-19)15(24)14(23)16(25)18(26)27/h2-5,10,14-17,19-20,23-25H,6H2,1H3,(H,26,27). The van der Waals surface area contributed by atoms with E-state index >= 15 is 0 Å². The molecule has 2 heterocycles. The molecular formula is C19H20O11. The Balaban J connectivity index is 1.80. The maximum Gasteiger partial charge on any atom is 0.336 e. The molecule has 1 aliphatic heterocycles. The van der Waals surface area contributed by atoms with E-state index in [1.807, 2.05) is 0 Å². The number of hydrogen-bond donors (Lipinski definition) is 5. The molecule has 0 aliphatic carbocycles. The van der Waals surface area contributed by atoms with E-state index in [2.05, 4.69) is 0 Å². The smallest absolute Gasteiger partial charge is 0.336 e. The number of rotatable bonds is 6. The van der Waals surface area contributed by atoms with Gasteiger partial charge in [0.1, 0.15) is 29.6 Å². The van der Waals surface area contributed by atoms with E-state index in [1.165, 1.54) is 18.2 Å². The molecule has 1 fully saturated rings. The summed E-state index contributed by atoms with van der Waals surface area (Å²) in [7, 11) is 0. The lowest BCUT2D eigenvalue weighted by atomic mass is 9.94. The minimum absolute atomic E-state index is 0.0883. The van der Waals surface area contributed by atoms with Gasteiger partial charge in [0.25, 0.3) is 6.29 Å². The van der Waals surface area contributed by atoms with Gasteiger partial charge in [0.2, 0.25) is 5.78 Å². The molecule has 1 aromatic heterocycles. The number of carboxylic acid groups (broad SMARTS) is 1. The van der Waals surface area contributed by atoms with Gasteiger partial charge in [0, 0.05) is 23.9 Å². The highest BCUT2D eigenvalue weighted by Gasteiger charge is 2.45. The number of aliphatic hydroxyl groups is 4. The molecule has 11 nitrogen and oxygen atoms in total. The molecule has 3 rings (SSSR count). The molecule has 0 saturated carbocycles. The second kappa shape index (κ2) is 8.50. The number of fused-ring (bicyclic) bond motifs is 1. The van der Waals surface area contributed by atoms with Gasteiger partial charge < -0.3 is 39.4 Å². The van der Waals surface area contributed by atoms with Crippen LogP contribution in [0.15, 0.2) is 33.5 Å². The Morgan fingerprint density at radius 2 is 1.90 bits per heavy atom. The molecule has 0 spiro atoms. The first kappa shape index (κ1) is 21.9. The minimum Gasteiger partial charge on any atom is -0.479 e. The maximum atomic E-state index is 12.2. The third-order valence-corrected chi connectivity index (χ3v) is 4.76. The van der Waals surface area contributed by atoms with E-state index in [1.54, 1.807) is 13.0 Å². The van der Waals surface area contributed by atoms with Gasteiger partial charge in [-0.3, -0.25) is 4.79 Å². The number of benzene rings is 1. The predicted octanol–water partition coefficient (Wildman–Crippen LogP) is -1.31. The fourth-order valence-corrected chi connectivity index (χ4v) is 3.16. The summed E-state index contributed by atoms with van der Waals surface area (Å²) in [5, 5.41) is 48.7. The van der Waals surface area contributed by atoms with Crippen LogP contribution in [0.5, 0.6) is 5.75 Å². The molecule has 6 unspecified atom stereocenters. The van der Waals surface area contributed by atoms with Gasteiger partial charge in [-0.25, -0.2) is 9.59 Å². The van der Waals surface area contributed by atoms with Crippen molar-refractivity contribution in [2.45, 2.75) is 50.2 Å². The summed E-state index contributed by atoms with van der Waals surface area (Å²) in [5.41, 5.74) is 0.312. The Kier molecular flexibility index (Phi) is 6.19. The fourth-order valence-electron chi connectivity index (χ4n) is 3.16. The van der Waals surface area contributed by atoms with Gasteiger partial charge in [-0.15, -0.1) is 0 Å². The van der Waals surface area contributed by atoms with Crippen molar-refractivity contribution in [2.75, 3.05) is 0 Å². The maximum absolute atomic E-state index is 12.2. The first-order chi connectivity index (χ1) is 14.1. The normalized spacial score (nSPS) is 25.0. The Labute approximate surface area is 168 Å². The molecule has 6 atom stereocenters. The largest absolute Gasteiger partial charge is 0.479 e. The lowest BCUT2D eigenvalue weighted by Crippen LogP contribution is -2.57. The van der Waals surface area contributed by atoms with E-state index in [-0.39, 0.29) is 11.3 Å². The average molecular weight is 424 g/mol. The summed E-state index contributed by atoms with van der Waals surface area (Å²) < 4.78 is 15.8. The van der Waals surface area contributed by atoms with E-state index in [9.17, 15) is 34.8 Å². The average Bonchev–Trinajstić information content (AvgIpc) is 2.67. The molecule has 2 aromatic rings. The SMILES string of the molecule is Cc1cc(=O)oc2cc(OC3OC(C(O)C(O)C(O)C(=O)O)C(O)CC3=O)ccc12. The highest BCUT2D eigenvalue weighted by molar-refractivity contribution is 5.84. The first-order valence-electron chi connectivity index (χ1n) is 8.93. The number of ketones is 1. The zero-order chi connectivity index (χ0) is 22.2. The summed E-state index contributed by atoms with van der Waals surface area (Å²) >= 11 is 0. The number of Topliss-reactive ketones (excluding diaryl/α,β-unsaturated/α-hetero) is 1. The molecule has 5 N–H and O–H groups in total. The van der Waals surface area contributed by atoms with E-state index in [0.717, 1.165) is 0 Å². The van der Waals surface area contributed by atoms with Crippen LogP contribution in [0.25, 0.3) is 11.0 Å². The Morgan fingerprint density at radius 1 is 1.20 bits per heavy atom. The van der Waals surface area contributed by atoms with Crippen LogP contribution in [-0.4, -0.2) is 74.1 Å². The molecule has 0 bridgehead atoms. The Morgan fingerprint density at radius 3 is 2.57 bits per heavy atom. The lowest BCUT2D eigenvalue weighted by Gasteiger charge is -2.37. The van der Waals surface area contributed by atoms with Crippen LogP contribution in [0.2, 0.25) is 0 Å². The van der Waals surface area contributed by atoms with Crippen molar-refractivity contribution >= 4 is 22.7 Å². The molecule has 1 aromatic carbocycles. The van der Waals surface area contributed by atoms with Crippen LogP contribution < -0.4 is 10.4 Å². The van der Waals surface area contributed by atoms with Crippen molar-refractivity contribution in [3.8, 4) is 5.75 Å². The number of carbonyl (C=O) groups is 2.